The zero-order chi connectivity index (χ0) is 17.4. The minimum absolute atomic E-state index is 0.0429. The molecule has 0 saturated carbocycles. The van der Waals surface area contributed by atoms with Gasteiger partial charge in [0.1, 0.15) is 5.15 Å². The lowest BCUT2D eigenvalue weighted by Gasteiger charge is -2.33. The normalized spacial score (nSPS) is 15.0. The number of aromatic nitrogens is 3. The molecule has 8 heteroatoms. The predicted molar refractivity (Wildman–Crippen MR) is 93.9 cm³/mol. The van der Waals surface area contributed by atoms with Crippen molar-refractivity contribution in [3.8, 4) is 0 Å². The number of hydrogen-bond donors (Lipinski definition) is 0. The van der Waals surface area contributed by atoms with Crippen LogP contribution in [0, 0.1) is 6.92 Å². The van der Waals surface area contributed by atoms with Crippen molar-refractivity contribution in [3.63, 3.8) is 0 Å². The highest BCUT2D eigenvalue weighted by molar-refractivity contribution is 6.29. The van der Waals surface area contributed by atoms with Gasteiger partial charge in [-0.25, -0.2) is 9.97 Å². The summed E-state index contributed by atoms with van der Waals surface area (Å²) >= 11 is 5.77. The van der Waals surface area contributed by atoms with Gasteiger partial charge in [0.2, 0.25) is 5.65 Å². The number of fused-ring (bicyclic) bond motifs is 1. The molecule has 0 aromatic carbocycles. The van der Waals surface area contributed by atoms with E-state index in [1.165, 1.54) is 6.20 Å². The molecule has 1 saturated heterocycles. The first-order valence-corrected chi connectivity index (χ1v) is 8.38. The molecule has 0 N–H and O–H groups in total. The van der Waals surface area contributed by atoms with E-state index in [2.05, 4.69) is 15.0 Å². The van der Waals surface area contributed by atoms with Crippen LogP contribution in [0.25, 0.3) is 11.2 Å². The molecule has 1 fully saturated rings. The third-order valence-electron chi connectivity index (χ3n) is 4.19. The highest BCUT2D eigenvalue weighted by atomic mass is 35.5. The van der Waals surface area contributed by atoms with E-state index < -0.39 is 0 Å². The van der Waals surface area contributed by atoms with E-state index in [0.717, 1.165) is 5.69 Å². The summed E-state index contributed by atoms with van der Waals surface area (Å²) in [6.45, 7) is 4.40. The van der Waals surface area contributed by atoms with E-state index >= 15 is 0 Å². The summed E-state index contributed by atoms with van der Waals surface area (Å²) in [5, 5.41) is 0.376. The van der Waals surface area contributed by atoms with E-state index in [1.807, 2.05) is 24.0 Å². The predicted octanol–water partition coefficient (Wildman–Crippen LogP) is 2.54. The molecule has 3 aromatic heterocycles. The molecule has 1 amide bonds. The Morgan fingerprint density at radius 2 is 1.92 bits per heavy atom. The summed E-state index contributed by atoms with van der Waals surface area (Å²) in [5.74, 6) is -0.0429. The smallest absolute Gasteiger partial charge is 0.300 e. The number of carbonyl (C=O) groups is 1. The molecule has 0 atom stereocenters. The van der Waals surface area contributed by atoms with Gasteiger partial charge >= 0.3 is 0 Å². The molecule has 128 valence electrons. The zero-order valence-electron chi connectivity index (χ0n) is 13.6. The second kappa shape index (κ2) is 6.33. The molecule has 7 nitrogen and oxygen atoms in total. The molecular weight excluding hydrogens is 342 g/mol. The lowest BCUT2D eigenvalue weighted by Crippen LogP contribution is -2.48. The second-order valence-corrected chi connectivity index (χ2v) is 6.31. The van der Waals surface area contributed by atoms with Crippen molar-refractivity contribution in [1.82, 2.24) is 19.9 Å². The molecule has 25 heavy (non-hydrogen) atoms. The Morgan fingerprint density at radius 1 is 1.12 bits per heavy atom. The average molecular weight is 358 g/mol. The van der Waals surface area contributed by atoms with Gasteiger partial charge in [-0.2, -0.15) is 4.98 Å². The monoisotopic (exact) mass is 357 g/mol. The fourth-order valence-corrected chi connectivity index (χ4v) is 2.93. The SMILES string of the molecule is Cc1ccc2oc(N3CCN(C(=O)c4ccc(Cl)nc4)CC3)nc2n1. The maximum atomic E-state index is 12.5. The van der Waals surface area contributed by atoms with Crippen molar-refractivity contribution in [2.24, 2.45) is 0 Å². The third-order valence-corrected chi connectivity index (χ3v) is 4.42. The van der Waals surface area contributed by atoms with Crippen molar-refractivity contribution in [2.75, 3.05) is 31.1 Å². The number of carbonyl (C=O) groups excluding carboxylic acids is 1. The standard InChI is InChI=1S/C17H16ClN5O2/c1-11-2-4-13-15(20-11)21-17(25-13)23-8-6-22(7-9-23)16(24)12-3-5-14(18)19-10-12/h2-5,10H,6-9H2,1H3. The highest BCUT2D eigenvalue weighted by Crippen LogP contribution is 2.22. The fourth-order valence-electron chi connectivity index (χ4n) is 2.82. The molecule has 0 spiro atoms. The largest absolute Gasteiger partial charge is 0.422 e. The van der Waals surface area contributed by atoms with E-state index in [4.69, 9.17) is 16.0 Å². The van der Waals surface area contributed by atoms with Crippen LogP contribution in [0.1, 0.15) is 16.1 Å². The number of hydrogen-bond acceptors (Lipinski definition) is 6. The Morgan fingerprint density at radius 3 is 2.64 bits per heavy atom. The molecule has 0 bridgehead atoms. The highest BCUT2D eigenvalue weighted by Gasteiger charge is 2.25. The maximum absolute atomic E-state index is 12.5. The first kappa shape index (κ1) is 15.8. The Kier molecular flexibility index (Phi) is 4.01. The van der Waals surface area contributed by atoms with Gasteiger partial charge in [0.15, 0.2) is 5.58 Å². The molecule has 1 aliphatic rings. The van der Waals surface area contributed by atoms with Gasteiger partial charge in [0.25, 0.3) is 11.9 Å². The van der Waals surface area contributed by atoms with Crippen LogP contribution < -0.4 is 4.90 Å². The molecule has 4 heterocycles. The number of pyridine rings is 2. The summed E-state index contributed by atoms with van der Waals surface area (Å²) in [6.07, 6.45) is 1.51. The summed E-state index contributed by atoms with van der Waals surface area (Å²) in [7, 11) is 0. The Hall–Kier alpha value is -2.67. The van der Waals surface area contributed by atoms with Crippen LogP contribution in [-0.4, -0.2) is 51.9 Å². The summed E-state index contributed by atoms with van der Waals surface area (Å²) in [4.78, 5) is 29.1. The minimum Gasteiger partial charge on any atom is -0.422 e. The van der Waals surface area contributed by atoms with E-state index in [9.17, 15) is 4.79 Å². The van der Waals surface area contributed by atoms with Crippen LogP contribution in [0.4, 0.5) is 6.01 Å². The maximum Gasteiger partial charge on any atom is 0.300 e. The summed E-state index contributed by atoms with van der Waals surface area (Å²) in [6, 6.07) is 7.64. The number of nitrogens with zero attached hydrogens (tertiary/aromatic N) is 5. The number of halogens is 1. The van der Waals surface area contributed by atoms with Crippen LogP contribution >= 0.6 is 11.6 Å². The van der Waals surface area contributed by atoms with Crippen LogP contribution in [0.3, 0.4) is 0 Å². The van der Waals surface area contributed by atoms with Crippen LogP contribution in [0.15, 0.2) is 34.9 Å². The molecular formula is C17H16ClN5O2. The number of oxazole rings is 1. The zero-order valence-corrected chi connectivity index (χ0v) is 14.4. The van der Waals surface area contributed by atoms with Crippen LogP contribution in [0.2, 0.25) is 5.15 Å². The molecule has 3 aromatic rings. The number of piperazine rings is 1. The van der Waals surface area contributed by atoms with E-state index in [0.29, 0.717) is 54.1 Å². The van der Waals surface area contributed by atoms with Gasteiger partial charge < -0.3 is 14.2 Å². The van der Waals surface area contributed by atoms with Gasteiger partial charge in [0, 0.05) is 38.1 Å². The van der Waals surface area contributed by atoms with Crippen molar-refractivity contribution >= 4 is 34.8 Å². The van der Waals surface area contributed by atoms with E-state index in [1.54, 1.807) is 17.0 Å². The van der Waals surface area contributed by atoms with E-state index in [-0.39, 0.29) is 5.91 Å². The van der Waals surface area contributed by atoms with Gasteiger partial charge in [-0.3, -0.25) is 4.79 Å². The van der Waals surface area contributed by atoms with Gasteiger partial charge in [-0.15, -0.1) is 0 Å². The number of aryl methyl sites for hydroxylation is 1. The number of anilines is 1. The summed E-state index contributed by atoms with van der Waals surface area (Å²) < 4.78 is 5.78. The van der Waals surface area contributed by atoms with Gasteiger partial charge in [-0.05, 0) is 31.2 Å². The van der Waals surface area contributed by atoms with Gasteiger partial charge in [-0.1, -0.05) is 11.6 Å². The van der Waals surface area contributed by atoms with Crippen LogP contribution in [-0.2, 0) is 0 Å². The average Bonchev–Trinajstić information content (AvgIpc) is 3.05. The first-order chi connectivity index (χ1) is 12.1. The summed E-state index contributed by atoms with van der Waals surface area (Å²) in [5.41, 5.74) is 2.73. The van der Waals surface area contributed by atoms with Crippen molar-refractivity contribution in [1.29, 1.82) is 0 Å². The third kappa shape index (κ3) is 3.15. The number of amides is 1. The molecule has 4 rings (SSSR count). The first-order valence-electron chi connectivity index (χ1n) is 8.00. The number of rotatable bonds is 2. The van der Waals surface area contributed by atoms with Crippen molar-refractivity contribution in [2.45, 2.75) is 6.92 Å². The fraction of sp³-hybridized carbons (Fsp3) is 0.294. The molecule has 0 aliphatic carbocycles. The lowest BCUT2D eigenvalue weighted by molar-refractivity contribution is 0.0744. The Bertz CT molecular complexity index is 916. The topological polar surface area (TPSA) is 75.4 Å². The molecule has 1 aliphatic heterocycles. The van der Waals surface area contributed by atoms with Crippen molar-refractivity contribution < 1.29 is 9.21 Å². The van der Waals surface area contributed by atoms with Crippen molar-refractivity contribution in [3.05, 3.63) is 46.9 Å². The second-order valence-electron chi connectivity index (χ2n) is 5.92. The quantitative estimate of drug-likeness (QED) is 0.656. The Labute approximate surface area is 149 Å². The van der Waals surface area contributed by atoms with Gasteiger partial charge in [0.05, 0.1) is 5.56 Å². The lowest BCUT2D eigenvalue weighted by atomic mass is 10.2. The Balaban J connectivity index is 1.45. The minimum atomic E-state index is -0.0429. The molecule has 0 radical (unpaired) electrons. The molecule has 0 unspecified atom stereocenters. The van der Waals surface area contributed by atoms with Crippen LogP contribution in [0.5, 0.6) is 0 Å².